The van der Waals surface area contributed by atoms with Crippen molar-refractivity contribution in [3.8, 4) is 0 Å². The molecular weight excluding hydrogens is 126 g/mol. The zero-order chi connectivity index (χ0) is 7.56. The summed E-state index contributed by atoms with van der Waals surface area (Å²) < 4.78 is 5.56. The highest BCUT2D eigenvalue weighted by Gasteiger charge is 2.25. The van der Waals surface area contributed by atoms with Gasteiger partial charge in [-0.2, -0.15) is 0 Å². The molecular formula is C8H17NO. The summed E-state index contributed by atoms with van der Waals surface area (Å²) in [5.41, 5.74) is 0. The quantitative estimate of drug-likeness (QED) is 0.623. The van der Waals surface area contributed by atoms with Crippen LogP contribution in [0.25, 0.3) is 0 Å². The van der Waals surface area contributed by atoms with Crippen LogP contribution in [0.3, 0.4) is 0 Å². The first-order chi connectivity index (χ1) is 4.74. The summed E-state index contributed by atoms with van der Waals surface area (Å²) in [7, 11) is 2.00. The molecule has 1 aliphatic rings. The fraction of sp³-hybridized carbons (Fsp3) is 1.00. The number of hydrogen-bond donors (Lipinski definition) is 1. The van der Waals surface area contributed by atoms with Crippen LogP contribution in [0.1, 0.15) is 20.3 Å². The fourth-order valence-electron chi connectivity index (χ4n) is 1.32. The summed E-state index contributed by atoms with van der Waals surface area (Å²) in [5, 5.41) is 3.22. The molecule has 1 rings (SSSR count). The van der Waals surface area contributed by atoms with Crippen LogP contribution in [0.4, 0.5) is 0 Å². The minimum Gasteiger partial charge on any atom is -0.376 e. The normalized spacial score (nSPS) is 33.6. The van der Waals surface area contributed by atoms with Gasteiger partial charge in [-0.1, -0.05) is 13.8 Å². The molecule has 1 saturated heterocycles. The Hall–Kier alpha value is -0.0800. The predicted octanol–water partition coefficient (Wildman–Crippen LogP) is 1.02. The van der Waals surface area contributed by atoms with Gasteiger partial charge in [0.15, 0.2) is 0 Å². The summed E-state index contributed by atoms with van der Waals surface area (Å²) in [5.74, 6) is 0.665. The van der Waals surface area contributed by atoms with E-state index < -0.39 is 0 Å². The summed E-state index contributed by atoms with van der Waals surface area (Å²) in [6.45, 7) is 5.31. The topological polar surface area (TPSA) is 21.3 Å². The molecule has 0 aliphatic carbocycles. The largest absolute Gasteiger partial charge is 0.376 e. The number of hydrogen-bond acceptors (Lipinski definition) is 2. The van der Waals surface area contributed by atoms with Crippen molar-refractivity contribution in [3.05, 3.63) is 0 Å². The lowest BCUT2D eigenvalue weighted by atomic mass is 10.0. The van der Waals surface area contributed by atoms with Gasteiger partial charge in [0.25, 0.3) is 0 Å². The fourth-order valence-corrected chi connectivity index (χ4v) is 1.32. The number of likely N-dealkylation sites (N-methyl/N-ethyl adjacent to an activating group) is 1. The van der Waals surface area contributed by atoms with Crippen molar-refractivity contribution in [2.45, 2.75) is 32.4 Å². The highest BCUT2D eigenvalue weighted by molar-refractivity contribution is 4.79. The Morgan fingerprint density at radius 1 is 1.50 bits per heavy atom. The standard InChI is InChI=1S/C8H17NO/c1-6(2)8-4-7(9-3)5-10-8/h6-9H,4-5H2,1-3H3/t7-,8+/m1/s1. The third-order valence-corrected chi connectivity index (χ3v) is 2.18. The first kappa shape index (κ1) is 8.02. The third kappa shape index (κ3) is 1.70. The lowest BCUT2D eigenvalue weighted by Crippen LogP contribution is -2.25. The molecule has 1 aliphatic heterocycles. The van der Waals surface area contributed by atoms with Gasteiger partial charge in [0.2, 0.25) is 0 Å². The smallest absolute Gasteiger partial charge is 0.0624 e. The highest BCUT2D eigenvalue weighted by Crippen LogP contribution is 2.19. The van der Waals surface area contributed by atoms with Crippen molar-refractivity contribution in [1.29, 1.82) is 0 Å². The lowest BCUT2D eigenvalue weighted by molar-refractivity contribution is 0.0744. The maximum absolute atomic E-state index is 5.56. The molecule has 10 heavy (non-hydrogen) atoms. The maximum atomic E-state index is 5.56. The SMILES string of the molecule is CN[C@H]1CO[C@H](C(C)C)C1. The van der Waals surface area contributed by atoms with E-state index in [9.17, 15) is 0 Å². The van der Waals surface area contributed by atoms with Crippen molar-refractivity contribution in [2.75, 3.05) is 13.7 Å². The Balaban J connectivity index is 2.28. The molecule has 0 aromatic rings. The number of ether oxygens (including phenoxy) is 1. The van der Waals surface area contributed by atoms with E-state index in [0.717, 1.165) is 6.61 Å². The van der Waals surface area contributed by atoms with Crippen molar-refractivity contribution in [1.82, 2.24) is 5.32 Å². The van der Waals surface area contributed by atoms with Gasteiger partial charge in [0, 0.05) is 6.04 Å². The zero-order valence-electron chi connectivity index (χ0n) is 7.05. The van der Waals surface area contributed by atoms with E-state index in [4.69, 9.17) is 4.74 Å². The van der Waals surface area contributed by atoms with Gasteiger partial charge in [0.05, 0.1) is 12.7 Å². The summed E-state index contributed by atoms with van der Waals surface area (Å²) in [6.07, 6.45) is 1.66. The Morgan fingerprint density at radius 3 is 2.50 bits per heavy atom. The predicted molar refractivity (Wildman–Crippen MR) is 42.0 cm³/mol. The van der Waals surface area contributed by atoms with Crippen molar-refractivity contribution >= 4 is 0 Å². The van der Waals surface area contributed by atoms with E-state index in [1.165, 1.54) is 6.42 Å². The van der Waals surface area contributed by atoms with Gasteiger partial charge in [-0.25, -0.2) is 0 Å². The van der Waals surface area contributed by atoms with E-state index in [2.05, 4.69) is 19.2 Å². The van der Waals surface area contributed by atoms with Crippen LogP contribution in [-0.2, 0) is 4.74 Å². The number of nitrogens with one attached hydrogen (secondary N) is 1. The second-order valence-electron chi connectivity index (χ2n) is 3.34. The maximum Gasteiger partial charge on any atom is 0.0624 e. The molecule has 2 atom stereocenters. The summed E-state index contributed by atoms with van der Waals surface area (Å²) in [6, 6.07) is 0.590. The van der Waals surface area contributed by atoms with E-state index in [-0.39, 0.29) is 0 Å². The first-order valence-corrected chi connectivity index (χ1v) is 4.03. The molecule has 2 heteroatoms. The Morgan fingerprint density at radius 2 is 2.20 bits per heavy atom. The number of rotatable bonds is 2. The Kier molecular flexibility index (Phi) is 2.69. The van der Waals surface area contributed by atoms with Crippen LogP contribution >= 0.6 is 0 Å². The van der Waals surface area contributed by atoms with E-state index in [0.29, 0.717) is 18.1 Å². The van der Waals surface area contributed by atoms with Gasteiger partial charge in [-0.05, 0) is 19.4 Å². The van der Waals surface area contributed by atoms with E-state index in [1.54, 1.807) is 0 Å². The molecule has 0 aromatic heterocycles. The van der Waals surface area contributed by atoms with Gasteiger partial charge >= 0.3 is 0 Å². The second kappa shape index (κ2) is 3.35. The molecule has 0 aromatic carbocycles. The van der Waals surface area contributed by atoms with Gasteiger partial charge in [-0.3, -0.25) is 0 Å². The van der Waals surface area contributed by atoms with Crippen LogP contribution in [0.5, 0.6) is 0 Å². The summed E-state index contributed by atoms with van der Waals surface area (Å²) in [4.78, 5) is 0. The average molecular weight is 143 g/mol. The molecule has 0 amide bonds. The van der Waals surface area contributed by atoms with Crippen LogP contribution in [0.15, 0.2) is 0 Å². The van der Waals surface area contributed by atoms with E-state index in [1.807, 2.05) is 7.05 Å². The van der Waals surface area contributed by atoms with Crippen LogP contribution < -0.4 is 5.32 Å². The minimum atomic E-state index is 0.484. The van der Waals surface area contributed by atoms with Crippen molar-refractivity contribution < 1.29 is 4.74 Å². The molecule has 0 saturated carbocycles. The van der Waals surface area contributed by atoms with Crippen LogP contribution in [-0.4, -0.2) is 25.8 Å². The van der Waals surface area contributed by atoms with Gasteiger partial charge in [-0.15, -0.1) is 0 Å². The van der Waals surface area contributed by atoms with Crippen LogP contribution in [0.2, 0.25) is 0 Å². The molecule has 0 bridgehead atoms. The first-order valence-electron chi connectivity index (χ1n) is 4.03. The monoisotopic (exact) mass is 143 g/mol. The lowest BCUT2D eigenvalue weighted by Gasteiger charge is -2.12. The molecule has 1 fully saturated rings. The second-order valence-corrected chi connectivity index (χ2v) is 3.34. The Labute approximate surface area is 63.0 Å². The van der Waals surface area contributed by atoms with E-state index >= 15 is 0 Å². The van der Waals surface area contributed by atoms with Gasteiger partial charge < -0.3 is 10.1 Å². The average Bonchev–Trinajstić information content (AvgIpc) is 2.34. The molecule has 0 radical (unpaired) electrons. The summed E-state index contributed by atoms with van der Waals surface area (Å²) >= 11 is 0. The van der Waals surface area contributed by atoms with Crippen LogP contribution in [0, 0.1) is 5.92 Å². The highest BCUT2D eigenvalue weighted by atomic mass is 16.5. The minimum absolute atomic E-state index is 0.484. The third-order valence-electron chi connectivity index (χ3n) is 2.18. The Bertz CT molecular complexity index is 103. The van der Waals surface area contributed by atoms with Crippen molar-refractivity contribution in [2.24, 2.45) is 5.92 Å². The molecule has 60 valence electrons. The molecule has 0 spiro atoms. The van der Waals surface area contributed by atoms with Gasteiger partial charge in [0.1, 0.15) is 0 Å². The van der Waals surface area contributed by atoms with Crippen molar-refractivity contribution in [3.63, 3.8) is 0 Å². The molecule has 2 nitrogen and oxygen atoms in total. The zero-order valence-corrected chi connectivity index (χ0v) is 7.05. The molecule has 1 N–H and O–H groups in total. The molecule has 0 unspecified atom stereocenters. The molecule has 1 heterocycles.